The first-order valence-electron chi connectivity index (χ1n) is 25.8. The fourth-order valence-corrected chi connectivity index (χ4v) is 7.31. The maximum atomic E-state index is 12.3. The van der Waals surface area contributed by atoms with Gasteiger partial charge in [0.05, 0.1) is 39.0 Å². The van der Waals surface area contributed by atoms with Gasteiger partial charge in [-0.3, -0.25) is 43.2 Å². The summed E-state index contributed by atoms with van der Waals surface area (Å²) in [6, 6.07) is -1.14. The molecule has 408 valence electrons. The lowest BCUT2D eigenvalue weighted by Crippen LogP contribution is -2.41. The van der Waals surface area contributed by atoms with Crippen LogP contribution >= 0.6 is 0 Å². The Labute approximate surface area is 420 Å². The molecular weight excluding hydrogens is 927 g/mol. The largest absolute Gasteiger partial charge is 0.481 e. The van der Waals surface area contributed by atoms with Gasteiger partial charge < -0.3 is 50.2 Å². The molecule has 6 N–H and O–H groups in total. The molecule has 20 heteroatoms. The number of unbranched alkanes of at least 4 members (excludes halogenated alkanes) is 10. The maximum absolute atomic E-state index is 12.3. The van der Waals surface area contributed by atoms with Crippen LogP contribution in [0.1, 0.15) is 175 Å². The molecule has 1 unspecified atom stereocenters. The molecular formula is C51H87N3O17. The Morgan fingerprint density at radius 1 is 0.465 bits per heavy atom. The van der Waals surface area contributed by atoms with Crippen molar-refractivity contribution in [3.05, 3.63) is 0 Å². The lowest BCUT2D eigenvalue weighted by atomic mass is 9.88. The second-order valence-electron chi connectivity index (χ2n) is 18.2. The molecule has 0 saturated carbocycles. The number of ketones is 4. The fraction of sp³-hybridized carbons (Fsp3) is 0.804. The number of carboxylic acids is 3. The minimum absolute atomic E-state index is 0.00181. The van der Waals surface area contributed by atoms with Crippen LogP contribution in [0.15, 0.2) is 0 Å². The molecule has 0 radical (unpaired) electrons. The van der Waals surface area contributed by atoms with E-state index < -0.39 is 35.7 Å². The number of carbonyl (C=O) groups excluding carboxylic acids is 7. The van der Waals surface area contributed by atoms with Gasteiger partial charge in [0.25, 0.3) is 0 Å². The number of amides is 3. The lowest BCUT2D eigenvalue weighted by molar-refractivity contribution is -0.145. The fourth-order valence-electron chi connectivity index (χ4n) is 7.31. The number of carboxylic acid groups (broad SMARTS) is 3. The van der Waals surface area contributed by atoms with Crippen LogP contribution in [-0.4, -0.2) is 146 Å². The van der Waals surface area contributed by atoms with Gasteiger partial charge in [0, 0.05) is 76.5 Å². The summed E-state index contributed by atoms with van der Waals surface area (Å²) in [4.78, 5) is 119. The second-order valence-corrected chi connectivity index (χ2v) is 18.2. The van der Waals surface area contributed by atoms with Gasteiger partial charge in [-0.15, -0.1) is 0 Å². The van der Waals surface area contributed by atoms with Gasteiger partial charge in [-0.25, -0.2) is 4.79 Å². The van der Waals surface area contributed by atoms with Crippen molar-refractivity contribution in [3.63, 3.8) is 0 Å². The topological polar surface area (TPSA) is 304 Å². The molecule has 3 amide bonds. The van der Waals surface area contributed by atoms with Gasteiger partial charge in [-0.2, -0.15) is 0 Å². The van der Waals surface area contributed by atoms with E-state index in [1.165, 1.54) is 6.92 Å². The third-order valence-electron chi connectivity index (χ3n) is 12.0. The summed E-state index contributed by atoms with van der Waals surface area (Å²) in [5.74, 6) is -6.15. The van der Waals surface area contributed by atoms with Crippen LogP contribution in [0.3, 0.4) is 0 Å². The van der Waals surface area contributed by atoms with Crippen LogP contribution in [0.2, 0.25) is 0 Å². The second kappa shape index (κ2) is 44.1. The predicted molar refractivity (Wildman–Crippen MR) is 262 cm³/mol. The zero-order valence-electron chi connectivity index (χ0n) is 42.9. The van der Waals surface area contributed by atoms with Crippen LogP contribution in [0.5, 0.6) is 0 Å². The molecule has 0 aromatic rings. The first-order valence-corrected chi connectivity index (χ1v) is 25.8. The number of ether oxygens (including phenoxy) is 4. The summed E-state index contributed by atoms with van der Waals surface area (Å²) in [7, 11) is 0. The molecule has 0 saturated heterocycles. The zero-order chi connectivity index (χ0) is 53.1. The summed E-state index contributed by atoms with van der Waals surface area (Å²) < 4.78 is 21.4. The minimum atomic E-state index is -1.19. The molecule has 71 heavy (non-hydrogen) atoms. The minimum Gasteiger partial charge on any atom is -0.481 e. The Bertz CT molecular complexity index is 1570. The van der Waals surface area contributed by atoms with E-state index in [4.69, 9.17) is 24.1 Å². The Balaban J connectivity index is 3.90. The molecule has 0 aromatic heterocycles. The first-order chi connectivity index (χ1) is 34.0. The molecule has 20 nitrogen and oxygen atoms in total. The van der Waals surface area contributed by atoms with Gasteiger partial charge >= 0.3 is 17.9 Å². The van der Waals surface area contributed by atoms with Gasteiger partial charge in [0.1, 0.15) is 36.6 Å². The van der Waals surface area contributed by atoms with Crippen molar-refractivity contribution in [2.24, 2.45) is 17.8 Å². The summed E-state index contributed by atoms with van der Waals surface area (Å²) in [5.41, 5.74) is 0. The quantitative estimate of drug-likeness (QED) is 0.0406. The summed E-state index contributed by atoms with van der Waals surface area (Å²) in [6.07, 6.45) is 13.0. The van der Waals surface area contributed by atoms with E-state index in [1.54, 1.807) is 0 Å². The van der Waals surface area contributed by atoms with Crippen LogP contribution in [0, 0.1) is 17.8 Å². The monoisotopic (exact) mass is 1010 g/mol. The average molecular weight is 1010 g/mol. The van der Waals surface area contributed by atoms with Gasteiger partial charge in [-0.1, -0.05) is 71.6 Å². The van der Waals surface area contributed by atoms with Crippen molar-refractivity contribution in [1.29, 1.82) is 0 Å². The molecule has 0 fully saturated rings. The number of carbonyl (C=O) groups is 10. The molecule has 0 rings (SSSR count). The molecule has 0 spiro atoms. The van der Waals surface area contributed by atoms with Crippen LogP contribution in [-0.2, 0) is 66.9 Å². The van der Waals surface area contributed by atoms with E-state index in [1.807, 2.05) is 13.8 Å². The third-order valence-corrected chi connectivity index (χ3v) is 12.0. The molecule has 0 aliphatic carbocycles. The van der Waals surface area contributed by atoms with E-state index in [9.17, 15) is 58.2 Å². The highest BCUT2D eigenvalue weighted by Crippen LogP contribution is 2.19. The SMILES string of the molecule is CC[C@H](C)C(=O)C[C@@H](CCCCNC(=O)CC[C@H](CC(=O)COCCOCCNC(=O)COCCOCCCC(=O)CCC(NC(=O)CCCCCCCCCCCCC(=O)O)C(=O)O)C(=O)O)C(C)=O. The standard InChI is InChI=1S/C51H87N3O17/c1-4-38(2)45(58)35-40(39(3)55)18-15-16-26-52-46(59)25-22-41(50(64)65)34-43(57)36-70-32-31-69-29-27-53-48(61)37-71-33-30-68-28-17-19-42(56)23-24-44(51(66)67)54-47(60)20-13-11-9-7-5-6-8-10-12-14-21-49(62)63/h38,40-41,44H,4-37H2,1-3H3,(H,52,59)(H,53,61)(H,54,60)(H,62,63)(H,64,65)(H,66,67)/t38-,40+,41+,44?/m0/s1. The molecule has 0 aromatic carbocycles. The molecule has 0 heterocycles. The number of aliphatic carboxylic acids is 3. The maximum Gasteiger partial charge on any atom is 0.326 e. The predicted octanol–water partition coefficient (Wildman–Crippen LogP) is 5.57. The third kappa shape index (κ3) is 40.6. The van der Waals surface area contributed by atoms with E-state index in [0.29, 0.717) is 38.6 Å². The van der Waals surface area contributed by atoms with Crippen LogP contribution in [0.4, 0.5) is 0 Å². The average Bonchev–Trinajstić information content (AvgIpc) is 3.32. The number of rotatable bonds is 51. The highest BCUT2D eigenvalue weighted by atomic mass is 16.5. The summed E-state index contributed by atoms with van der Waals surface area (Å²) >= 11 is 0. The Kier molecular flexibility index (Phi) is 41.2. The zero-order valence-corrected chi connectivity index (χ0v) is 42.9. The van der Waals surface area contributed by atoms with Crippen LogP contribution in [0.25, 0.3) is 0 Å². The number of Topliss-reactive ketones (excluding diaryl/α,β-unsaturated/α-hetero) is 4. The smallest absolute Gasteiger partial charge is 0.326 e. The number of hydrogen-bond donors (Lipinski definition) is 6. The Hall–Kier alpha value is -4.66. The van der Waals surface area contributed by atoms with E-state index >= 15 is 0 Å². The van der Waals surface area contributed by atoms with Crippen molar-refractivity contribution >= 4 is 58.8 Å². The Morgan fingerprint density at radius 3 is 1.63 bits per heavy atom. The van der Waals surface area contributed by atoms with Gasteiger partial charge in [0.15, 0.2) is 5.78 Å². The van der Waals surface area contributed by atoms with E-state index in [-0.39, 0.29) is 164 Å². The summed E-state index contributed by atoms with van der Waals surface area (Å²) in [5, 5.41) is 35.6. The van der Waals surface area contributed by atoms with E-state index in [0.717, 1.165) is 64.2 Å². The summed E-state index contributed by atoms with van der Waals surface area (Å²) in [6.45, 7) is 6.27. The van der Waals surface area contributed by atoms with Crippen molar-refractivity contribution in [1.82, 2.24) is 16.0 Å². The first kappa shape index (κ1) is 66.3. The van der Waals surface area contributed by atoms with Crippen molar-refractivity contribution in [2.75, 3.05) is 65.9 Å². The highest BCUT2D eigenvalue weighted by Gasteiger charge is 2.24. The normalized spacial score (nSPS) is 12.8. The van der Waals surface area contributed by atoms with Crippen LogP contribution < -0.4 is 16.0 Å². The number of hydrogen-bond acceptors (Lipinski definition) is 14. The highest BCUT2D eigenvalue weighted by molar-refractivity contribution is 5.88. The van der Waals surface area contributed by atoms with Crippen molar-refractivity contribution < 1.29 is 82.2 Å². The van der Waals surface area contributed by atoms with Gasteiger partial charge in [0.2, 0.25) is 17.7 Å². The molecule has 4 atom stereocenters. The van der Waals surface area contributed by atoms with Crippen molar-refractivity contribution in [3.8, 4) is 0 Å². The lowest BCUT2D eigenvalue weighted by Gasteiger charge is -2.15. The van der Waals surface area contributed by atoms with Gasteiger partial charge in [-0.05, 0) is 58.3 Å². The van der Waals surface area contributed by atoms with Crippen molar-refractivity contribution in [2.45, 2.75) is 181 Å². The van der Waals surface area contributed by atoms with E-state index in [2.05, 4.69) is 16.0 Å². The molecule has 0 bridgehead atoms. The molecule has 0 aliphatic heterocycles. The molecule has 0 aliphatic rings. The Morgan fingerprint density at radius 2 is 1.04 bits per heavy atom. The number of nitrogens with one attached hydrogen (secondary N) is 3.